The van der Waals surface area contributed by atoms with Gasteiger partial charge in [-0.25, -0.2) is 4.39 Å². The number of ether oxygens (including phenoxy) is 1. The van der Waals surface area contributed by atoms with Crippen LogP contribution in [0.2, 0.25) is 0 Å². The van der Waals surface area contributed by atoms with E-state index < -0.39 is 0 Å². The van der Waals surface area contributed by atoms with Crippen molar-refractivity contribution in [2.24, 2.45) is 0 Å². The first kappa shape index (κ1) is 21.5. The summed E-state index contributed by atoms with van der Waals surface area (Å²) in [6.07, 6.45) is 0.311. The maximum atomic E-state index is 13.6. The van der Waals surface area contributed by atoms with Crippen LogP contribution in [0.15, 0.2) is 72.8 Å². The summed E-state index contributed by atoms with van der Waals surface area (Å²) in [5.74, 6) is -0.0918. The van der Waals surface area contributed by atoms with Gasteiger partial charge in [0, 0.05) is 13.1 Å². The zero-order valence-electron chi connectivity index (χ0n) is 16.8. The number of hydrogen-bond donors (Lipinski definition) is 0. The normalized spacial score (nSPS) is 10.0. The van der Waals surface area contributed by atoms with Crippen LogP contribution < -0.4 is 4.74 Å². The molecule has 0 atom stereocenters. The lowest BCUT2D eigenvalue weighted by molar-refractivity contribution is -0.134. The van der Waals surface area contributed by atoms with E-state index in [9.17, 15) is 9.18 Å². The van der Waals surface area contributed by atoms with E-state index in [1.165, 1.54) is 12.1 Å². The number of benzene rings is 3. The van der Waals surface area contributed by atoms with Gasteiger partial charge in [0.2, 0.25) is 0 Å². The second-order valence-corrected chi connectivity index (χ2v) is 6.96. The number of halogens is 1. The molecule has 154 valence electrons. The van der Waals surface area contributed by atoms with Crippen molar-refractivity contribution in [3.8, 4) is 17.9 Å². The Balaban J connectivity index is 1.71. The first-order chi connectivity index (χ1) is 15.1. The number of nitrogens with zero attached hydrogens (tertiary/aromatic N) is 3. The highest BCUT2D eigenvalue weighted by Gasteiger charge is 2.16. The summed E-state index contributed by atoms with van der Waals surface area (Å²) in [5.41, 5.74) is 2.93. The van der Waals surface area contributed by atoms with E-state index >= 15 is 0 Å². The minimum atomic E-state index is -0.364. The average molecular weight is 413 g/mol. The van der Waals surface area contributed by atoms with Gasteiger partial charge in [-0.15, -0.1) is 0 Å². The van der Waals surface area contributed by atoms with Gasteiger partial charge in [0.25, 0.3) is 5.91 Å². The minimum absolute atomic E-state index is 0.177. The zero-order chi connectivity index (χ0) is 22.1. The summed E-state index contributed by atoms with van der Waals surface area (Å²) in [6.45, 7) is 0.343. The smallest absolute Gasteiger partial charge is 0.261 e. The van der Waals surface area contributed by atoms with E-state index in [2.05, 4.69) is 12.1 Å². The van der Waals surface area contributed by atoms with E-state index in [0.717, 1.165) is 11.1 Å². The third kappa shape index (κ3) is 6.42. The van der Waals surface area contributed by atoms with Gasteiger partial charge < -0.3 is 9.64 Å². The molecule has 0 unspecified atom stereocenters. The van der Waals surface area contributed by atoms with Crippen LogP contribution in [0.25, 0.3) is 0 Å². The molecule has 6 heteroatoms. The van der Waals surface area contributed by atoms with Crippen molar-refractivity contribution in [2.75, 3.05) is 6.61 Å². The highest BCUT2D eigenvalue weighted by molar-refractivity contribution is 5.77. The predicted octanol–water partition coefficient (Wildman–Crippen LogP) is 4.37. The van der Waals surface area contributed by atoms with Crippen LogP contribution in [-0.2, 0) is 24.3 Å². The summed E-state index contributed by atoms with van der Waals surface area (Å²) in [5, 5.41) is 17.7. The topological polar surface area (TPSA) is 77.1 Å². The van der Waals surface area contributed by atoms with Crippen molar-refractivity contribution < 1.29 is 13.9 Å². The summed E-state index contributed by atoms with van der Waals surface area (Å²) >= 11 is 0. The Morgan fingerprint density at radius 1 is 0.903 bits per heavy atom. The molecule has 0 aliphatic carbocycles. The number of amides is 1. The standard InChI is InChI=1S/C25H20FN3O2/c26-23-3-1-2-22(14-23)17-29(16-21-6-4-20(15-28)5-7-21)25(30)18-31-24-10-8-19(9-11-24)12-13-27/h1-11,14H,12,16-18H2. The highest BCUT2D eigenvalue weighted by atomic mass is 19.1. The number of carbonyl (C=O) groups excluding carboxylic acids is 1. The van der Waals surface area contributed by atoms with Crippen LogP contribution in [0.5, 0.6) is 5.75 Å². The molecule has 3 aromatic rings. The Bertz CT molecular complexity index is 1110. The van der Waals surface area contributed by atoms with Crippen molar-refractivity contribution >= 4 is 5.91 Å². The van der Waals surface area contributed by atoms with E-state index in [4.69, 9.17) is 15.3 Å². The molecule has 3 aromatic carbocycles. The lowest BCUT2D eigenvalue weighted by Gasteiger charge is -2.23. The maximum absolute atomic E-state index is 13.6. The molecule has 0 fully saturated rings. The van der Waals surface area contributed by atoms with E-state index in [-0.39, 0.29) is 24.9 Å². The maximum Gasteiger partial charge on any atom is 0.261 e. The molecule has 0 bridgehead atoms. The second kappa shape index (κ2) is 10.6. The molecule has 31 heavy (non-hydrogen) atoms. The zero-order valence-corrected chi connectivity index (χ0v) is 16.8. The van der Waals surface area contributed by atoms with Crippen LogP contribution in [0, 0.1) is 28.5 Å². The molecule has 0 saturated heterocycles. The van der Waals surface area contributed by atoms with E-state index in [0.29, 0.717) is 29.8 Å². The van der Waals surface area contributed by atoms with Crippen molar-refractivity contribution in [2.45, 2.75) is 19.5 Å². The Morgan fingerprint density at radius 2 is 1.58 bits per heavy atom. The van der Waals surface area contributed by atoms with Crippen LogP contribution >= 0.6 is 0 Å². The Kier molecular flexibility index (Phi) is 7.35. The average Bonchev–Trinajstić information content (AvgIpc) is 2.79. The summed E-state index contributed by atoms with van der Waals surface area (Å²) in [4.78, 5) is 14.5. The molecule has 0 saturated carbocycles. The number of carbonyl (C=O) groups is 1. The highest BCUT2D eigenvalue weighted by Crippen LogP contribution is 2.15. The SMILES string of the molecule is N#CCc1ccc(OCC(=O)N(Cc2ccc(C#N)cc2)Cc2cccc(F)c2)cc1. The molecular weight excluding hydrogens is 393 g/mol. The molecule has 0 N–H and O–H groups in total. The number of hydrogen-bond acceptors (Lipinski definition) is 4. The fourth-order valence-corrected chi connectivity index (χ4v) is 3.02. The van der Waals surface area contributed by atoms with Gasteiger partial charge in [0.05, 0.1) is 24.1 Å². The van der Waals surface area contributed by atoms with Gasteiger partial charge in [0.15, 0.2) is 6.61 Å². The molecule has 0 spiro atoms. The summed E-state index contributed by atoms with van der Waals surface area (Å²) < 4.78 is 19.2. The van der Waals surface area contributed by atoms with Crippen LogP contribution in [0.1, 0.15) is 22.3 Å². The third-order valence-electron chi connectivity index (χ3n) is 4.64. The molecule has 5 nitrogen and oxygen atoms in total. The predicted molar refractivity (Wildman–Crippen MR) is 113 cm³/mol. The lowest BCUT2D eigenvalue weighted by atomic mass is 10.1. The van der Waals surface area contributed by atoms with Crippen molar-refractivity contribution in [1.29, 1.82) is 10.5 Å². The molecule has 0 radical (unpaired) electrons. The van der Waals surface area contributed by atoms with E-state index in [1.54, 1.807) is 65.6 Å². The van der Waals surface area contributed by atoms with Gasteiger partial charge in [-0.3, -0.25) is 4.79 Å². The first-order valence-electron chi connectivity index (χ1n) is 9.67. The van der Waals surface area contributed by atoms with Crippen molar-refractivity contribution in [1.82, 2.24) is 4.90 Å². The van der Waals surface area contributed by atoms with Gasteiger partial charge in [-0.2, -0.15) is 10.5 Å². The summed E-state index contributed by atoms with van der Waals surface area (Å²) in [6, 6.07) is 24.2. The first-order valence-corrected chi connectivity index (χ1v) is 9.67. The Labute approximate surface area is 180 Å². The Hall–Kier alpha value is -4.16. The van der Waals surface area contributed by atoms with E-state index in [1.807, 2.05) is 0 Å². The van der Waals surface area contributed by atoms with Gasteiger partial charge in [0.1, 0.15) is 11.6 Å². The molecule has 0 aliphatic heterocycles. The third-order valence-corrected chi connectivity index (χ3v) is 4.64. The van der Waals surface area contributed by atoms with Crippen LogP contribution in [-0.4, -0.2) is 17.4 Å². The number of rotatable bonds is 8. The molecule has 1 amide bonds. The fourth-order valence-electron chi connectivity index (χ4n) is 3.02. The molecular formula is C25H20FN3O2. The van der Waals surface area contributed by atoms with Crippen molar-refractivity contribution in [3.63, 3.8) is 0 Å². The fraction of sp³-hybridized carbons (Fsp3) is 0.160. The largest absolute Gasteiger partial charge is 0.484 e. The number of nitriles is 2. The monoisotopic (exact) mass is 413 g/mol. The van der Waals surface area contributed by atoms with Gasteiger partial charge in [-0.1, -0.05) is 36.4 Å². The molecule has 0 heterocycles. The molecule has 0 aromatic heterocycles. The summed E-state index contributed by atoms with van der Waals surface area (Å²) in [7, 11) is 0. The second-order valence-electron chi connectivity index (χ2n) is 6.96. The van der Waals surface area contributed by atoms with Crippen molar-refractivity contribution in [3.05, 3.63) is 101 Å². The molecule has 0 aliphatic rings. The van der Waals surface area contributed by atoms with Crippen LogP contribution in [0.4, 0.5) is 4.39 Å². The Morgan fingerprint density at radius 3 is 2.23 bits per heavy atom. The van der Waals surface area contributed by atoms with Crippen LogP contribution in [0.3, 0.4) is 0 Å². The lowest BCUT2D eigenvalue weighted by Crippen LogP contribution is -2.34. The quantitative estimate of drug-likeness (QED) is 0.549. The molecule has 3 rings (SSSR count). The minimum Gasteiger partial charge on any atom is -0.484 e. The van der Waals surface area contributed by atoms with Gasteiger partial charge >= 0.3 is 0 Å². The van der Waals surface area contributed by atoms with Gasteiger partial charge in [-0.05, 0) is 53.1 Å².